The molecule has 1 rings (SSSR count). The highest BCUT2D eigenvalue weighted by molar-refractivity contribution is 8.00. The summed E-state index contributed by atoms with van der Waals surface area (Å²) in [5.41, 5.74) is 0. The second-order valence-electron chi connectivity index (χ2n) is 4.44. The molecule has 0 bridgehead atoms. The van der Waals surface area contributed by atoms with Crippen LogP contribution >= 0.6 is 11.8 Å². The molecule has 2 nitrogen and oxygen atoms in total. The van der Waals surface area contributed by atoms with Crippen LogP contribution in [0.15, 0.2) is 35.2 Å². The fourth-order valence-electron chi connectivity index (χ4n) is 1.82. The van der Waals surface area contributed by atoms with E-state index in [1.165, 1.54) is 31.0 Å². The molecule has 0 fully saturated rings. The Kier molecular flexibility index (Phi) is 7.58. The fourth-order valence-corrected chi connectivity index (χ4v) is 2.85. The van der Waals surface area contributed by atoms with Gasteiger partial charge in [0.1, 0.15) is 0 Å². The summed E-state index contributed by atoms with van der Waals surface area (Å²) in [6, 6.07) is 9.67. The van der Waals surface area contributed by atoms with Gasteiger partial charge in [-0.2, -0.15) is 0 Å². The summed E-state index contributed by atoms with van der Waals surface area (Å²) < 4.78 is 0. The summed E-state index contributed by atoms with van der Waals surface area (Å²) in [5, 5.41) is 10.7. The molecule has 0 aliphatic heterocycles. The number of aliphatic carboxylic acids is 1. The van der Waals surface area contributed by atoms with Gasteiger partial charge in [-0.25, -0.2) is 0 Å². The molecule has 100 valence electrons. The monoisotopic (exact) mass is 265 g/mol. The van der Waals surface area contributed by atoms with E-state index in [1.807, 2.05) is 30.3 Å². The van der Waals surface area contributed by atoms with E-state index in [2.05, 4.69) is 6.92 Å². The Morgan fingerprint density at radius 1 is 1.17 bits per heavy atom. The molecule has 0 aliphatic carbocycles. The van der Waals surface area contributed by atoms with Crippen LogP contribution in [0.4, 0.5) is 0 Å². The van der Waals surface area contributed by atoms with E-state index < -0.39 is 11.2 Å². The van der Waals surface area contributed by atoms with E-state index in [4.69, 9.17) is 0 Å². The van der Waals surface area contributed by atoms with Gasteiger partial charge in [0.2, 0.25) is 0 Å². The van der Waals surface area contributed by atoms with Crippen molar-refractivity contribution in [1.82, 2.24) is 0 Å². The van der Waals surface area contributed by atoms with E-state index in [1.54, 1.807) is 0 Å². The molecule has 1 aromatic rings. The molecule has 0 aromatic heterocycles. The van der Waals surface area contributed by atoms with Gasteiger partial charge >= 0.3 is 0 Å². The van der Waals surface area contributed by atoms with Gasteiger partial charge in [-0.1, -0.05) is 57.2 Å². The predicted octanol–water partition coefficient (Wildman–Crippen LogP) is 3.26. The highest BCUT2D eigenvalue weighted by Crippen LogP contribution is 2.26. The first-order valence-corrected chi connectivity index (χ1v) is 7.54. The van der Waals surface area contributed by atoms with Crippen LogP contribution in [-0.4, -0.2) is 11.2 Å². The lowest BCUT2D eigenvalue weighted by molar-refractivity contribution is -0.304. The van der Waals surface area contributed by atoms with Crippen LogP contribution < -0.4 is 5.11 Å². The topological polar surface area (TPSA) is 40.1 Å². The third-order valence-corrected chi connectivity index (χ3v) is 4.11. The summed E-state index contributed by atoms with van der Waals surface area (Å²) >= 11 is 1.40. The zero-order valence-corrected chi connectivity index (χ0v) is 11.7. The SMILES string of the molecule is CCCCCCCC(Sc1ccccc1)C(=O)[O-]. The Hall–Kier alpha value is -0.960. The minimum Gasteiger partial charge on any atom is -0.549 e. The lowest BCUT2D eigenvalue weighted by atomic mass is 10.1. The normalized spacial score (nSPS) is 12.3. The molecule has 1 unspecified atom stereocenters. The van der Waals surface area contributed by atoms with Crippen molar-refractivity contribution in [3.05, 3.63) is 30.3 Å². The zero-order chi connectivity index (χ0) is 13.2. The number of carbonyl (C=O) groups excluding carboxylic acids is 1. The van der Waals surface area contributed by atoms with Crippen LogP contribution in [0.25, 0.3) is 0 Å². The lowest BCUT2D eigenvalue weighted by Gasteiger charge is -2.17. The van der Waals surface area contributed by atoms with Crippen LogP contribution in [0.5, 0.6) is 0 Å². The number of rotatable bonds is 9. The molecule has 1 aromatic carbocycles. The minimum atomic E-state index is -0.945. The Bertz CT molecular complexity index is 338. The third kappa shape index (κ3) is 6.10. The molecule has 3 heteroatoms. The van der Waals surface area contributed by atoms with Gasteiger partial charge in [-0.3, -0.25) is 0 Å². The van der Waals surface area contributed by atoms with Gasteiger partial charge in [-0.15, -0.1) is 11.8 Å². The number of carboxylic acids is 1. The maximum Gasteiger partial charge on any atom is 0.0548 e. The highest BCUT2D eigenvalue weighted by atomic mass is 32.2. The van der Waals surface area contributed by atoms with Gasteiger partial charge < -0.3 is 9.90 Å². The summed E-state index contributed by atoms with van der Waals surface area (Å²) in [4.78, 5) is 12.1. The van der Waals surface area contributed by atoms with Gasteiger partial charge in [0.25, 0.3) is 0 Å². The first-order valence-electron chi connectivity index (χ1n) is 6.66. The van der Waals surface area contributed by atoms with Gasteiger partial charge in [0.05, 0.1) is 5.97 Å². The Labute approximate surface area is 114 Å². The molecule has 0 heterocycles. The van der Waals surface area contributed by atoms with Crippen molar-refractivity contribution in [2.45, 2.75) is 55.6 Å². The minimum absolute atomic E-state index is 0.422. The van der Waals surface area contributed by atoms with Crippen molar-refractivity contribution in [2.24, 2.45) is 0 Å². The molecule has 18 heavy (non-hydrogen) atoms. The van der Waals surface area contributed by atoms with Gasteiger partial charge in [0.15, 0.2) is 0 Å². The number of thioether (sulfide) groups is 1. The molecule has 0 saturated heterocycles. The van der Waals surface area contributed by atoms with E-state index in [0.29, 0.717) is 6.42 Å². The van der Waals surface area contributed by atoms with Crippen molar-refractivity contribution in [2.75, 3.05) is 0 Å². The summed E-state index contributed by atoms with van der Waals surface area (Å²) in [5.74, 6) is -0.945. The average Bonchev–Trinajstić information content (AvgIpc) is 2.38. The summed E-state index contributed by atoms with van der Waals surface area (Å²) in [6.07, 6.45) is 6.44. The van der Waals surface area contributed by atoms with Crippen molar-refractivity contribution < 1.29 is 9.90 Å². The van der Waals surface area contributed by atoms with Crippen LogP contribution in [0, 0.1) is 0 Å². The Balaban J connectivity index is 2.34. The molecule has 0 saturated carbocycles. The van der Waals surface area contributed by atoms with Crippen molar-refractivity contribution in [1.29, 1.82) is 0 Å². The highest BCUT2D eigenvalue weighted by Gasteiger charge is 2.11. The van der Waals surface area contributed by atoms with E-state index in [-0.39, 0.29) is 0 Å². The molecular formula is C15H21O2S-. The number of benzene rings is 1. The Morgan fingerprint density at radius 2 is 1.83 bits per heavy atom. The molecular weight excluding hydrogens is 244 g/mol. The van der Waals surface area contributed by atoms with Crippen LogP contribution in [0.2, 0.25) is 0 Å². The third-order valence-electron chi connectivity index (χ3n) is 2.85. The van der Waals surface area contributed by atoms with E-state index >= 15 is 0 Å². The number of hydrogen-bond donors (Lipinski definition) is 0. The van der Waals surface area contributed by atoms with Gasteiger partial charge in [-0.05, 0) is 18.6 Å². The largest absolute Gasteiger partial charge is 0.549 e. The van der Waals surface area contributed by atoms with E-state index in [9.17, 15) is 9.90 Å². The predicted molar refractivity (Wildman–Crippen MR) is 74.5 cm³/mol. The van der Waals surface area contributed by atoms with E-state index in [0.717, 1.165) is 17.7 Å². The number of hydrogen-bond acceptors (Lipinski definition) is 3. The zero-order valence-electron chi connectivity index (χ0n) is 10.9. The summed E-state index contributed by atoms with van der Waals surface area (Å²) in [6.45, 7) is 2.18. The molecule has 1 atom stereocenters. The number of unbranched alkanes of at least 4 members (excludes halogenated alkanes) is 4. The molecule has 0 spiro atoms. The lowest BCUT2D eigenvalue weighted by Crippen LogP contribution is -2.33. The maximum atomic E-state index is 11.1. The maximum absolute atomic E-state index is 11.1. The number of carboxylic acid groups (broad SMARTS) is 1. The quantitative estimate of drug-likeness (QED) is 0.508. The molecule has 0 amide bonds. The van der Waals surface area contributed by atoms with Crippen LogP contribution in [-0.2, 0) is 4.79 Å². The smallest absolute Gasteiger partial charge is 0.0548 e. The van der Waals surface area contributed by atoms with Crippen molar-refractivity contribution in [3.8, 4) is 0 Å². The number of carbonyl (C=O) groups is 1. The Morgan fingerprint density at radius 3 is 2.44 bits per heavy atom. The first kappa shape index (κ1) is 15.1. The average molecular weight is 265 g/mol. The molecule has 0 radical (unpaired) electrons. The molecule has 0 aliphatic rings. The second-order valence-corrected chi connectivity index (χ2v) is 5.72. The van der Waals surface area contributed by atoms with Crippen molar-refractivity contribution in [3.63, 3.8) is 0 Å². The summed E-state index contributed by atoms with van der Waals surface area (Å²) in [7, 11) is 0. The second kappa shape index (κ2) is 9.03. The van der Waals surface area contributed by atoms with Gasteiger partial charge in [0, 0.05) is 10.1 Å². The molecule has 0 N–H and O–H groups in total. The van der Waals surface area contributed by atoms with Crippen LogP contribution in [0.3, 0.4) is 0 Å². The first-order chi connectivity index (χ1) is 8.74. The standard InChI is InChI=1S/C15H22O2S/c1-2-3-4-5-9-12-14(15(16)17)18-13-10-7-6-8-11-13/h6-8,10-11,14H,2-5,9,12H2,1H3,(H,16,17)/p-1. The fraction of sp³-hybridized carbons (Fsp3) is 0.533. The van der Waals surface area contributed by atoms with Crippen LogP contribution in [0.1, 0.15) is 45.4 Å². The van der Waals surface area contributed by atoms with Crippen molar-refractivity contribution >= 4 is 17.7 Å².